The number of carbonyl (C=O) groups is 1. The van der Waals surface area contributed by atoms with Crippen LogP contribution in [0.3, 0.4) is 0 Å². The van der Waals surface area contributed by atoms with Gasteiger partial charge in [-0.05, 0) is 34.7 Å². The van der Waals surface area contributed by atoms with Gasteiger partial charge in [0.1, 0.15) is 5.75 Å². The molecule has 1 aliphatic rings. The van der Waals surface area contributed by atoms with E-state index in [1.807, 2.05) is 55.5 Å². The predicted octanol–water partition coefficient (Wildman–Crippen LogP) is 2.96. The van der Waals surface area contributed by atoms with E-state index in [0.29, 0.717) is 12.8 Å². The monoisotopic (exact) mass is 325 g/mol. The number of amides is 1. The van der Waals surface area contributed by atoms with Crippen LogP contribution in [0.2, 0.25) is 0 Å². The molecule has 3 unspecified atom stereocenters. The van der Waals surface area contributed by atoms with Gasteiger partial charge < -0.3 is 15.2 Å². The number of hydrogen-bond donors (Lipinski definition) is 2. The van der Waals surface area contributed by atoms with Crippen molar-refractivity contribution in [1.82, 2.24) is 5.32 Å². The third-order valence-corrected chi connectivity index (χ3v) is 4.70. The summed E-state index contributed by atoms with van der Waals surface area (Å²) in [6.07, 6.45) is 0.426. The van der Waals surface area contributed by atoms with Gasteiger partial charge in [-0.1, -0.05) is 43.3 Å². The highest BCUT2D eigenvalue weighted by molar-refractivity contribution is 5.77. The van der Waals surface area contributed by atoms with E-state index in [9.17, 15) is 9.90 Å². The van der Waals surface area contributed by atoms with Crippen molar-refractivity contribution in [3.8, 4) is 5.75 Å². The molecular weight excluding hydrogens is 302 g/mol. The van der Waals surface area contributed by atoms with Crippen molar-refractivity contribution in [3.63, 3.8) is 0 Å². The Balaban J connectivity index is 1.63. The minimum absolute atomic E-state index is 0.0425. The molecule has 4 heteroatoms. The summed E-state index contributed by atoms with van der Waals surface area (Å²) in [6.45, 7) is 2.03. The molecule has 2 N–H and O–H groups in total. The van der Waals surface area contributed by atoms with E-state index in [-0.39, 0.29) is 17.9 Å². The van der Waals surface area contributed by atoms with Gasteiger partial charge in [0, 0.05) is 12.8 Å². The first-order valence-corrected chi connectivity index (χ1v) is 8.27. The number of nitrogens with one attached hydrogen (secondary N) is 1. The quantitative estimate of drug-likeness (QED) is 0.888. The van der Waals surface area contributed by atoms with Crippen LogP contribution in [-0.2, 0) is 11.2 Å². The largest absolute Gasteiger partial charge is 0.497 e. The van der Waals surface area contributed by atoms with Crippen molar-refractivity contribution >= 4 is 5.91 Å². The number of rotatable bonds is 5. The lowest BCUT2D eigenvalue weighted by atomic mass is 9.97. The number of aliphatic hydroxyl groups excluding tert-OH is 1. The van der Waals surface area contributed by atoms with Gasteiger partial charge in [0.05, 0.1) is 19.3 Å². The average Bonchev–Trinajstić information content (AvgIpc) is 2.90. The molecule has 0 radical (unpaired) electrons. The maximum Gasteiger partial charge on any atom is 0.221 e. The Labute approximate surface area is 142 Å². The van der Waals surface area contributed by atoms with Gasteiger partial charge in [-0.15, -0.1) is 0 Å². The Kier molecular flexibility index (Phi) is 4.86. The van der Waals surface area contributed by atoms with E-state index in [1.165, 1.54) is 0 Å². The average molecular weight is 325 g/mol. The summed E-state index contributed by atoms with van der Waals surface area (Å²) in [7, 11) is 1.64. The molecule has 0 spiro atoms. The van der Waals surface area contributed by atoms with Crippen molar-refractivity contribution in [2.75, 3.05) is 7.11 Å². The molecular formula is C20H23NO3. The van der Waals surface area contributed by atoms with Crippen molar-refractivity contribution in [3.05, 3.63) is 65.2 Å². The van der Waals surface area contributed by atoms with Crippen molar-refractivity contribution in [2.45, 2.75) is 37.8 Å². The van der Waals surface area contributed by atoms with Crippen LogP contribution in [-0.4, -0.2) is 24.2 Å². The maximum absolute atomic E-state index is 12.4. The maximum atomic E-state index is 12.4. The molecule has 0 bridgehead atoms. The molecule has 0 aromatic heterocycles. The van der Waals surface area contributed by atoms with Crippen LogP contribution in [0.5, 0.6) is 5.75 Å². The molecule has 0 aliphatic heterocycles. The molecule has 3 atom stereocenters. The summed E-state index contributed by atoms with van der Waals surface area (Å²) >= 11 is 0. The fourth-order valence-electron chi connectivity index (χ4n) is 3.31. The van der Waals surface area contributed by atoms with Gasteiger partial charge in [0.15, 0.2) is 0 Å². The smallest absolute Gasteiger partial charge is 0.221 e. The van der Waals surface area contributed by atoms with Crippen molar-refractivity contribution in [1.29, 1.82) is 0 Å². The number of ether oxygens (including phenoxy) is 1. The van der Waals surface area contributed by atoms with Gasteiger partial charge in [-0.25, -0.2) is 0 Å². The summed E-state index contributed by atoms with van der Waals surface area (Å²) in [6, 6.07) is 15.3. The van der Waals surface area contributed by atoms with Crippen LogP contribution in [0.15, 0.2) is 48.5 Å². The molecule has 2 aromatic carbocycles. The first-order valence-electron chi connectivity index (χ1n) is 8.27. The Hall–Kier alpha value is -2.33. The second-order valence-electron chi connectivity index (χ2n) is 6.39. The van der Waals surface area contributed by atoms with Crippen molar-refractivity contribution in [2.24, 2.45) is 0 Å². The van der Waals surface area contributed by atoms with Gasteiger partial charge in [0.25, 0.3) is 0 Å². The second kappa shape index (κ2) is 7.05. The fraction of sp³-hybridized carbons (Fsp3) is 0.350. The molecule has 0 heterocycles. The third kappa shape index (κ3) is 3.44. The highest BCUT2D eigenvalue weighted by Gasteiger charge is 2.31. The highest BCUT2D eigenvalue weighted by Crippen LogP contribution is 2.31. The first-order chi connectivity index (χ1) is 11.6. The zero-order valence-electron chi connectivity index (χ0n) is 14.0. The Morgan fingerprint density at radius 3 is 2.67 bits per heavy atom. The van der Waals surface area contributed by atoms with E-state index in [2.05, 4.69) is 5.32 Å². The molecule has 126 valence electrons. The van der Waals surface area contributed by atoms with E-state index >= 15 is 0 Å². The zero-order chi connectivity index (χ0) is 17.1. The molecule has 0 saturated carbocycles. The van der Waals surface area contributed by atoms with E-state index in [1.54, 1.807) is 7.11 Å². The van der Waals surface area contributed by atoms with E-state index in [0.717, 1.165) is 22.4 Å². The number of carbonyl (C=O) groups excluding carboxylic acids is 1. The van der Waals surface area contributed by atoms with Crippen LogP contribution in [0.25, 0.3) is 0 Å². The van der Waals surface area contributed by atoms with E-state index in [4.69, 9.17) is 4.74 Å². The van der Waals surface area contributed by atoms with Crippen LogP contribution >= 0.6 is 0 Å². The molecule has 3 rings (SSSR count). The fourth-order valence-corrected chi connectivity index (χ4v) is 3.31. The standard InChI is InChI=1S/C20H23NO3/c1-13(14-7-9-16(24-2)10-8-14)11-19(23)21-20-17-6-4-3-5-15(17)12-18(20)22/h3-10,13,18,20,22H,11-12H2,1-2H3,(H,21,23). The van der Waals surface area contributed by atoms with Crippen LogP contribution in [0, 0.1) is 0 Å². The number of hydrogen-bond acceptors (Lipinski definition) is 3. The molecule has 1 amide bonds. The number of benzene rings is 2. The summed E-state index contributed by atoms with van der Waals surface area (Å²) in [4.78, 5) is 12.4. The molecule has 24 heavy (non-hydrogen) atoms. The molecule has 0 fully saturated rings. The van der Waals surface area contributed by atoms with Crippen LogP contribution in [0.1, 0.15) is 42.0 Å². The lowest BCUT2D eigenvalue weighted by Crippen LogP contribution is -2.34. The van der Waals surface area contributed by atoms with E-state index < -0.39 is 6.10 Å². The number of fused-ring (bicyclic) bond motifs is 1. The van der Waals surface area contributed by atoms with Crippen LogP contribution in [0.4, 0.5) is 0 Å². The van der Waals surface area contributed by atoms with Gasteiger partial charge in [-0.2, -0.15) is 0 Å². The normalized spacial score (nSPS) is 20.3. The Bertz CT molecular complexity index is 711. The Morgan fingerprint density at radius 2 is 1.96 bits per heavy atom. The summed E-state index contributed by atoms with van der Waals surface area (Å²) in [5.41, 5.74) is 3.23. The van der Waals surface area contributed by atoms with Gasteiger partial charge in [-0.3, -0.25) is 4.79 Å². The summed E-state index contributed by atoms with van der Waals surface area (Å²) < 4.78 is 5.16. The second-order valence-corrected chi connectivity index (χ2v) is 6.39. The zero-order valence-corrected chi connectivity index (χ0v) is 14.0. The number of methoxy groups -OCH3 is 1. The molecule has 2 aromatic rings. The Morgan fingerprint density at radius 1 is 1.25 bits per heavy atom. The van der Waals surface area contributed by atoms with Crippen molar-refractivity contribution < 1.29 is 14.6 Å². The van der Waals surface area contributed by atoms with Gasteiger partial charge >= 0.3 is 0 Å². The summed E-state index contributed by atoms with van der Waals surface area (Å²) in [5.74, 6) is 0.866. The molecule has 4 nitrogen and oxygen atoms in total. The SMILES string of the molecule is COc1ccc(C(C)CC(=O)NC2c3ccccc3CC2O)cc1. The third-order valence-electron chi connectivity index (χ3n) is 4.70. The number of aliphatic hydroxyl groups is 1. The molecule has 0 saturated heterocycles. The highest BCUT2D eigenvalue weighted by atomic mass is 16.5. The lowest BCUT2D eigenvalue weighted by molar-refractivity contribution is -0.122. The van der Waals surface area contributed by atoms with Gasteiger partial charge in [0.2, 0.25) is 5.91 Å². The topological polar surface area (TPSA) is 58.6 Å². The predicted molar refractivity (Wildman–Crippen MR) is 93.1 cm³/mol. The molecule has 1 aliphatic carbocycles. The lowest BCUT2D eigenvalue weighted by Gasteiger charge is -2.19. The minimum atomic E-state index is -0.553. The summed E-state index contributed by atoms with van der Waals surface area (Å²) in [5, 5.41) is 13.2. The minimum Gasteiger partial charge on any atom is -0.497 e. The van der Waals surface area contributed by atoms with Crippen LogP contribution < -0.4 is 10.1 Å². The first kappa shape index (κ1) is 16.5.